The van der Waals surface area contributed by atoms with Crippen molar-refractivity contribution in [1.82, 2.24) is 0 Å². The van der Waals surface area contributed by atoms with E-state index in [0.29, 0.717) is 25.7 Å². The monoisotopic (exact) mass is 1450 g/mol. The van der Waals surface area contributed by atoms with E-state index in [2.05, 4.69) is 34.6 Å². The van der Waals surface area contributed by atoms with Crippen LogP contribution in [0.1, 0.15) is 426 Å². The maximum absolute atomic E-state index is 13.1. The van der Waals surface area contributed by atoms with Gasteiger partial charge in [-0.3, -0.25) is 37.3 Å². The first-order valence-corrected chi connectivity index (χ1v) is 44.6. The fourth-order valence-corrected chi connectivity index (χ4v) is 14.0. The quantitative estimate of drug-likeness (QED) is 0.0222. The molecule has 0 radical (unpaired) electrons. The molecule has 0 saturated carbocycles. The third-order valence-electron chi connectivity index (χ3n) is 18.8. The summed E-state index contributed by atoms with van der Waals surface area (Å²) in [6.45, 7) is 7.33. The van der Waals surface area contributed by atoms with Crippen molar-refractivity contribution in [1.29, 1.82) is 0 Å². The Morgan fingerprint density at radius 3 is 0.687 bits per heavy atom. The Balaban J connectivity index is 5.20. The van der Waals surface area contributed by atoms with Crippen LogP contribution in [0.4, 0.5) is 0 Å². The minimum absolute atomic E-state index is 0.108. The van der Waals surface area contributed by atoms with Crippen molar-refractivity contribution in [3.05, 3.63) is 0 Å². The highest BCUT2D eigenvalue weighted by atomic mass is 31.2. The molecule has 0 aromatic carbocycles. The molecule has 0 spiro atoms. The highest BCUT2D eigenvalue weighted by Crippen LogP contribution is 2.45. The van der Waals surface area contributed by atoms with E-state index >= 15 is 0 Å². The lowest BCUT2D eigenvalue weighted by molar-refractivity contribution is -0.161. The van der Waals surface area contributed by atoms with E-state index in [-0.39, 0.29) is 25.7 Å². The number of phosphoric acid groups is 2. The van der Waals surface area contributed by atoms with Crippen molar-refractivity contribution in [2.24, 2.45) is 5.92 Å². The minimum atomic E-state index is -4.96. The van der Waals surface area contributed by atoms with E-state index in [1.165, 1.54) is 250 Å². The van der Waals surface area contributed by atoms with E-state index < -0.39 is 97.5 Å². The van der Waals surface area contributed by atoms with Crippen LogP contribution in [0.15, 0.2) is 0 Å². The highest BCUT2D eigenvalue weighted by Gasteiger charge is 2.30. The second-order valence-corrected chi connectivity index (χ2v) is 32.2. The lowest BCUT2D eigenvalue weighted by atomic mass is 10.0. The van der Waals surface area contributed by atoms with Gasteiger partial charge in [-0.1, -0.05) is 375 Å². The Morgan fingerprint density at radius 1 is 0.273 bits per heavy atom. The molecule has 0 aliphatic heterocycles. The number of carbonyl (C=O) groups excluding carboxylic acids is 4. The molecule has 17 nitrogen and oxygen atoms in total. The number of carbonyl (C=O) groups is 4. The Bertz CT molecular complexity index is 1890. The van der Waals surface area contributed by atoms with Gasteiger partial charge in [0.25, 0.3) is 0 Å². The summed E-state index contributed by atoms with van der Waals surface area (Å²) in [4.78, 5) is 72.9. The molecular weight excluding hydrogens is 1290 g/mol. The Morgan fingerprint density at radius 2 is 0.465 bits per heavy atom. The van der Waals surface area contributed by atoms with Gasteiger partial charge in [0, 0.05) is 25.7 Å². The molecule has 0 bridgehead atoms. The predicted octanol–water partition coefficient (Wildman–Crippen LogP) is 24.0. The number of esters is 4. The van der Waals surface area contributed by atoms with Crippen LogP contribution in [0.3, 0.4) is 0 Å². The van der Waals surface area contributed by atoms with Gasteiger partial charge in [-0.15, -0.1) is 0 Å². The Labute approximate surface area is 607 Å². The molecule has 0 heterocycles. The zero-order chi connectivity index (χ0) is 72.7. The summed E-state index contributed by atoms with van der Waals surface area (Å²) in [5, 5.41) is 10.6. The van der Waals surface area contributed by atoms with Crippen LogP contribution in [0, 0.1) is 5.92 Å². The molecule has 2 unspecified atom stereocenters. The number of ether oxygens (including phenoxy) is 4. The van der Waals surface area contributed by atoms with Crippen molar-refractivity contribution < 1.29 is 80.2 Å². The molecule has 588 valence electrons. The summed E-state index contributed by atoms with van der Waals surface area (Å²) in [7, 11) is -9.91. The SMILES string of the molecule is CCCCCCCCCCCCCCCCCCCC(=O)OC[C@H](COP(=O)(O)OC[C@@H](O)COP(=O)(O)OC[C@@H](COC(=O)CCCCCCCCCC)OC(=O)CCCCCCCCCCCCCCCCCC)OC(=O)CCCCCCCCCCCCCCCCCC(C)C. The summed E-state index contributed by atoms with van der Waals surface area (Å²) >= 11 is 0. The molecule has 5 atom stereocenters. The summed E-state index contributed by atoms with van der Waals surface area (Å²) in [6, 6.07) is 0. The fraction of sp³-hybridized carbons (Fsp3) is 0.950. The zero-order valence-electron chi connectivity index (χ0n) is 64.6. The summed E-state index contributed by atoms with van der Waals surface area (Å²) < 4.78 is 68.6. The molecule has 0 amide bonds. The van der Waals surface area contributed by atoms with E-state index in [9.17, 15) is 43.2 Å². The number of phosphoric ester groups is 2. The molecular formula is C80H156O17P2. The van der Waals surface area contributed by atoms with Gasteiger partial charge < -0.3 is 33.8 Å². The van der Waals surface area contributed by atoms with Gasteiger partial charge in [-0.05, 0) is 31.6 Å². The van der Waals surface area contributed by atoms with Gasteiger partial charge in [0.1, 0.15) is 19.3 Å². The van der Waals surface area contributed by atoms with Crippen molar-refractivity contribution in [2.45, 2.75) is 445 Å². The van der Waals surface area contributed by atoms with Crippen LogP contribution in [-0.2, 0) is 65.4 Å². The largest absolute Gasteiger partial charge is 0.472 e. The molecule has 0 rings (SSSR count). The van der Waals surface area contributed by atoms with Crippen LogP contribution >= 0.6 is 15.6 Å². The zero-order valence-corrected chi connectivity index (χ0v) is 66.4. The molecule has 0 saturated heterocycles. The average Bonchev–Trinajstić information content (AvgIpc) is 1.44. The number of aliphatic hydroxyl groups excluding tert-OH is 1. The molecule has 0 aromatic heterocycles. The van der Waals surface area contributed by atoms with E-state index in [0.717, 1.165) is 95.8 Å². The third kappa shape index (κ3) is 74.1. The van der Waals surface area contributed by atoms with Crippen molar-refractivity contribution in [3.63, 3.8) is 0 Å². The predicted molar refractivity (Wildman–Crippen MR) is 405 cm³/mol. The van der Waals surface area contributed by atoms with Gasteiger partial charge >= 0.3 is 39.5 Å². The smallest absolute Gasteiger partial charge is 0.462 e. The normalized spacial score (nSPS) is 13.9. The maximum Gasteiger partial charge on any atom is 0.472 e. The van der Waals surface area contributed by atoms with Crippen molar-refractivity contribution >= 4 is 39.5 Å². The third-order valence-corrected chi connectivity index (χ3v) is 20.7. The van der Waals surface area contributed by atoms with Gasteiger partial charge in [-0.2, -0.15) is 0 Å². The first-order chi connectivity index (χ1) is 48.0. The molecule has 0 aliphatic rings. The number of aliphatic hydroxyl groups is 1. The fourth-order valence-electron chi connectivity index (χ4n) is 12.4. The second kappa shape index (κ2) is 73.0. The molecule has 99 heavy (non-hydrogen) atoms. The van der Waals surface area contributed by atoms with Gasteiger partial charge in [0.05, 0.1) is 26.4 Å². The van der Waals surface area contributed by atoms with Crippen LogP contribution in [0.2, 0.25) is 0 Å². The minimum Gasteiger partial charge on any atom is -0.462 e. The van der Waals surface area contributed by atoms with Gasteiger partial charge in [0.15, 0.2) is 12.2 Å². The summed E-state index contributed by atoms with van der Waals surface area (Å²) in [5.74, 6) is -1.31. The Kier molecular flexibility index (Phi) is 71.6. The van der Waals surface area contributed by atoms with Gasteiger partial charge in [-0.25, -0.2) is 9.13 Å². The number of hydrogen-bond acceptors (Lipinski definition) is 15. The van der Waals surface area contributed by atoms with Crippen molar-refractivity contribution in [2.75, 3.05) is 39.6 Å². The topological polar surface area (TPSA) is 237 Å². The lowest BCUT2D eigenvalue weighted by Crippen LogP contribution is -2.30. The lowest BCUT2D eigenvalue weighted by Gasteiger charge is -2.21. The maximum atomic E-state index is 13.1. The molecule has 19 heteroatoms. The molecule has 0 aromatic rings. The molecule has 3 N–H and O–H groups in total. The van der Waals surface area contributed by atoms with E-state index in [1.54, 1.807) is 0 Å². The number of unbranched alkanes of at least 4 members (excludes halogenated alkanes) is 52. The van der Waals surface area contributed by atoms with E-state index in [1.807, 2.05) is 0 Å². The Hall–Kier alpha value is -1.94. The first-order valence-electron chi connectivity index (χ1n) is 41.6. The number of hydrogen-bond donors (Lipinski definition) is 3. The summed E-state index contributed by atoms with van der Waals surface area (Å²) in [5.41, 5.74) is 0. The standard InChI is InChI=1S/C80H156O17P2/c1-6-9-12-15-18-21-23-25-27-29-33-36-40-44-49-54-59-64-78(83)91-70-76(97-80(85)66-61-56-51-46-42-38-34-30-31-35-39-43-47-52-57-62-73(4)5)72-95-99(88,89)93-68-74(81)67-92-98(86,87)94-71-75(69-90-77(82)63-58-53-48-20-17-14-11-8-3)96-79(84)65-60-55-50-45-41-37-32-28-26-24-22-19-16-13-10-7-2/h73-76,81H,6-72H2,1-5H3,(H,86,87)(H,88,89)/t74-,75+,76+/m0/s1. The van der Waals surface area contributed by atoms with Crippen molar-refractivity contribution in [3.8, 4) is 0 Å². The second-order valence-electron chi connectivity index (χ2n) is 29.3. The van der Waals surface area contributed by atoms with Gasteiger partial charge in [0.2, 0.25) is 0 Å². The van der Waals surface area contributed by atoms with Crippen LogP contribution in [0.25, 0.3) is 0 Å². The van der Waals surface area contributed by atoms with Crippen LogP contribution in [0.5, 0.6) is 0 Å². The average molecular weight is 1450 g/mol. The summed E-state index contributed by atoms with van der Waals surface area (Å²) in [6.07, 6.45) is 63.8. The highest BCUT2D eigenvalue weighted by molar-refractivity contribution is 7.47. The van der Waals surface area contributed by atoms with Crippen LogP contribution in [-0.4, -0.2) is 96.7 Å². The number of rotatable bonds is 80. The van der Waals surface area contributed by atoms with Crippen LogP contribution < -0.4 is 0 Å². The van der Waals surface area contributed by atoms with E-state index in [4.69, 9.17) is 37.0 Å². The first kappa shape index (κ1) is 97.1. The molecule has 0 fully saturated rings. The molecule has 0 aliphatic carbocycles.